The van der Waals surface area contributed by atoms with Crippen molar-refractivity contribution in [3.63, 3.8) is 0 Å². The Morgan fingerprint density at radius 2 is 1.68 bits per heavy atom. The first-order chi connectivity index (χ1) is 16.4. The van der Waals surface area contributed by atoms with Crippen molar-refractivity contribution in [3.8, 4) is 28.7 Å². The van der Waals surface area contributed by atoms with E-state index in [-0.39, 0.29) is 24.5 Å². The average Bonchev–Trinajstić information content (AvgIpc) is 3.53. The maximum Gasteiger partial charge on any atom is 0.254 e. The third kappa shape index (κ3) is 4.18. The zero-order chi connectivity index (χ0) is 24.4. The van der Waals surface area contributed by atoms with E-state index in [9.17, 15) is 9.59 Å². The van der Waals surface area contributed by atoms with Crippen molar-refractivity contribution in [1.29, 1.82) is 0 Å². The third-order valence-corrected chi connectivity index (χ3v) is 6.51. The highest BCUT2D eigenvalue weighted by molar-refractivity contribution is 5.96. The molecule has 2 heterocycles. The second kappa shape index (κ2) is 9.70. The lowest BCUT2D eigenvalue weighted by Gasteiger charge is -2.24. The van der Waals surface area contributed by atoms with Gasteiger partial charge in [-0.05, 0) is 42.8 Å². The Morgan fingerprint density at radius 3 is 2.29 bits per heavy atom. The van der Waals surface area contributed by atoms with Gasteiger partial charge in [0.2, 0.25) is 18.4 Å². The fourth-order valence-corrected chi connectivity index (χ4v) is 4.52. The first-order valence-corrected chi connectivity index (χ1v) is 11.2. The monoisotopic (exact) mass is 470 g/mol. The number of carbonyl (C=O) groups excluding carboxylic acids is 2. The number of methoxy groups -OCH3 is 3. The molecule has 0 N–H and O–H groups in total. The second-order valence-electron chi connectivity index (χ2n) is 8.30. The van der Waals surface area contributed by atoms with Crippen LogP contribution in [0, 0.1) is 5.92 Å². The molecule has 1 saturated heterocycles. The molecule has 0 bridgehead atoms. The molecule has 2 aromatic rings. The van der Waals surface area contributed by atoms with Gasteiger partial charge in [-0.3, -0.25) is 9.59 Å². The first-order valence-electron chi connectivity index (χ1n) is 11.2. The molecule has 2 aliphatic heterocycles. The van der Waals surface area contributed by atoms with Gasteiger partial charge in [0.15, 0.2) is 23.0 Å². The summed E-state index contributed by atoms with van der Waals surface area (Å²) >= 11 is 0. The van der Waals surface area contributed by atoms with Crippen LogP contribution in [0.5, 0.6) is 28.7 Å². The molecule has 2 atom stereocenters. The van der Waals surface area contributed by atoms with Gasteiger partial charge in [0.05, 0.1) is 27.2 Å². The lowest BCUT2D eigenvalue weighted by molar-refractivity contribution is -0.133. The summed E-state index contributed by atoms with van der Waals surface area (Å²) < 4.78 is 27.3. The minimum absolute atomic E-state index is 0.0118. The predicted molar refractivity (Wildman–Crippen MR) is 124 cm³/mol. The van der Waals surface area contributed by atoms with Crippen molar-refractivity contribution in [2.24, 2.45) is 5.92 Å². The number of nitrogens with zero attached hydrogens (tertiary/aromatic N) is 2. The predicted octanol–water partition coefficient (Wildman–Crippen LogP) is 2.78. The van der Waals surface area contributed by atoms with E-state index in [1.54, 1.807) is 56.4 Å². The van der Waals surface area contributed by atoms with Gasteiger partial charge in [0, 0.05) is 38.2 Å². The van der Waals surface area contributed by atoms with Crippen LogP contribution < -0.4 is 23.7 Å². The van der Waals surface area contributed by atoms with Crippen molar-refractivity contribution < 1.29 is 33.3 Å². The molecule has 1 fully saturated rings. The number of hydrogen-bond acceptors (Lipinski definition) is 7. The minimum atomic E-state index is -0.411. The number of benzene rings is 2. The topological polar surface area (TPSA) is 86.8 Å². The molecular weight excluding hydrogens is 440 g/mol. The van der Waals surface area contributed by atoms with Gasteiger partial charge in [0.25, 0.3) is 5.91 Å². The van der Waals surface area contributed by atoms with E-state index in [1.807, 2.05) is 19.1 Å². The summed E-state index contributed by atoms with van der Waals surface area (Å²) in [4.78, 5) is 30.1. The van der Waals surface area contributed by atoms with Crippen molar-refractivity contribution in [1.82, 2.24) is 9.80 Å². The Bertz CT molecular complexity index is 1060. The van der Waals surface area contributed by atoms with Gasteiger partial charge >= 0.3 is 0 Å². The molecule has 4 rings (SSSR count). The van der Waals surface area contributed by atoms with E-state index in [4.69, 9.17) is 23.7 Å². The Balaban J connectivity index is 1.69. The summed E-state index contributed by atoms with van der Waals surface area (Å²) in [6.07, 6.45) is 0. The second-order valence-corrected chi connectivity index (χ2v) is 8.30. The van der Waals surface area contributed by atoms with Crippen LogP contribution >= 0.6 is 0 Å². The van der Waals surface area contributed by atoms with Crippen LogP contribution in [0.3, 0.4) is 0 Å². The van der Waals surface area contributed by atoms with Gasteiger partial charge in [-0.25, -0.2) is 0 Å². The highest BCUT2D eigenvalue weighted by Gasteiger charge is 2.42. The molecule has 0 spiro atoms. The van der Waals surface area contributed by atoms with Crippen molar-refractivity contribution >= 4 is 11.8 Å². The van der Waals surface area contributed by atoms with E-state index in [0.29, 0.717) is 53.9 Å². The molecule has 0 aliphatic carbocycles. The summed E-state index contributed by atoms with van der Waals surface area (Å²) in [5, 5.41) is 0. The molecular formula is C25H30N2O7. The SMILES string of the molecule is CCN(C)C(=O)C1CN(C(=O)c2ccc3c(c2)OCO3)CC1c1cc(OC)c(OC)c(OC)c1. The largest absolute Gasteiger partial charge is 0.493 e. The Hall–Kier alpha value is -3.62. The standard InChI is InChI=1S/C25H30N2O7/c1-6-26(2)25(29)18-13-27(24(28)15-7-8-19-20(9-15)34-14-33-19)12-17(18)16-10-21(30-3)23(32-5)22(11-16)31-4/h7-11,17-18H,6,12-14H2,1-5H3. The number of likely N-dealkylation sites (tertiary alicyclic amines) is 1. The normalized spacial score (nSPS) is 18.6. The summed E-state index contributed by atoms with van der Waals surface area (Å²) in [6, 6.07) is 8.85. The highest BCUT2D eigenvalue weighted by atomic mass is 16.7. The highest BCUT2D eigenvalue weighted by Crippen LogP contribution is 2.44. The summed E-state index contributed by atoms with van der Waals surface area (Å²) in [7, 11) is 6.43. The summed E-state index contributed by atoms with van der Waals surface area (Å²) in [5.74, 6) is 1.83. The van der Waals surface area contributed by atoms with Crippen LogP contribution in [-0.4, -0.2) is 76.4 Å². The summed E-state index contributed by atoms with van der Waals surface area (Å²) in [6.45, 7) is 3.32. The van der Waals surface area contributed by atoms with Crippen molar-refractivity contribution in [2.45, 2.75) is 12.8 Å². The quantitative estimate of drug-likeness (QED) is 0.615. The molecule has 9 heteroatoms. The van der Waals surface area contributed by atoms with Crippen molar-refractivity contribution in [2.75, 3.05) is 54.8 Å². The zero-order valence-corrected chi connectivity index (χ0v) is 20.1. The molecule has 182 valence electrons. The molecule has 34 heavy (non-hydrogen) atoms. The van der Waals surface area contributed by atoms with E-state index >= 15 is 0 Å². The van der Waals surface area contributed by atoms with Gasteiger partial charge in [0.1, 0.15) is 0 Å². The lowest BCUT2D eigenvalue weighted by atomic mass is 9.87. The fraction of sp³-hybridized carbons (Fsp3) is 0.440. The van der Waals surface area contributed by atoms with Crippen LogP contribution in [0.4, 0.5) is 0 Å². The van der Waals surface area contributed by atoms with Gasteiger partial charge in [-0.1, -0.05) is 0 Å². The Morgan fingerprint density at radius 1 is 1.00 bits per heavy atom. The molecule has 0 saturated carbocycles. The maximum absolute atomic E-state index is 13.4. The molecule has 0 aromatic heterocycles. The van der Waals surface area contributed by atoms with Gasteiger partial charge in [-0.15, -0.1) is 0 Å². The lowest BCUT2D eigenvalue weighted by Crippen LogP contribution is -2.36. The van der Waals surface area contributed by atoms with Crippen molar-refractivity contribution in [3.05, 3.63) is 41.5 Å². The van der Waals surface area contributed by atoms with Crippen LogP contribution in [0.25, 0.3) is 0 Å². The molecule has 2 aromatic carbocycles. The minimum Gasteiger partial charge on any atom is -0.493 e. The first kappa shape index (κ1) is 23.5. The van der Waals surface area contributed by atoms with Crippen LogP contribution in [0.15, 0.2) is 30.3 Å². The third-order valence-electron chi connectivity index (χ3n) is 6.51. The number of ether oxygens (including phenoxy) is 5. The molecule has 2 amide bonds. The molecule has 9 nitrogen and oxygen atoms in total. The number of carbonyl (C=O) groups is 2. The van der Waals surface area contributed by atoms with E-state index in [0.717, 1.165) is 5.56 Å². The zero-order valence-electron chi connectivity index (χ0n) is 20.1. The van der Waals surface area contributed by atoms with Crippen LogP contribution in [0.2, 0.25) is 0 Å². The summed E-state index contributed by atoms with van der Waals surface area (Å²) in [5.41, 5.74) is 1.34. The fourth-order valence-electron chi connectivity index (χ4n) is 4.52. The maximum atomic E-state index is 13.4. The average molecular weight is 471 g/mol. The molecule has 2 aliphatic rings. The van der Waals surface area contributed by atoms with E-state index in [1.165, 1.54) is 0 Å². The smallest absolute Gasteiger partial charge is 0.254 e. The Labute approximate surface area is 199 Å². The van der Waals surface area contributed by atoms with Gasteiger partial charge in [-0.2, -0.15) is 0 Å². The van der Waals surface area contributed by atoms with Crippen LogP contribution in [-0.2, 0) is 4.79 Å². The Kier molecular flexibility index (Phi) is 6.72. The number of hydrogen-bond donors (Lipinski definition) is 0. The molecule has 2 unspecified atom stereocenters. The van der Waals surface area contributed by atoms with E-state index < -0.39 is 5.92 Å². The molecule has 0 radical (unpaired) electrons. The van der Waals surface area contributed by atoms with Gasteiger partial charge < -0.3 is 33.5 Å². The number of rotatable bonds is 7. The van der Waals surface area contributed by atoms with Crippen LogP contribution in [0.1, 0.15) is 28.8 Å². The van der Waals surface area contributed by atoms with E-state index in [2.05, 4.69) is 0 Å². The number of amides is 2. The number of fused-ring (bicyclic) bond motifs is 1.